The second-order valence-corrected chi connectivity index (χ2v) is 7.79. The van der Waals surface area contributed by atoms with E-state index in [4.69, 9.17) is 14.6 Å². The molecule has 0 bridgehead atoms. The van der Waals surface area contributed by atoms with Crippen LogP contribution in [0, 0.1) is 10.7 Å². The maximum absolute atomic E-state index is 11.8. The van der Waals surface area contributed by atoms with Crippen molar-refractivity contribution < 1.29 is 24.2 Å². The summed E-state index contributed by atoms with van der Waals surface area (Å²) in [7, 11) is 0. The van der Waals surface area contributed by atoms with Crippen LogP contribution in [0.2, 0.25) is 0 Å². The fourth-order valence-corrected chi connectivity index (χ4v) is 6.11. The smallest absolute Gasteiger partial charge is 0.329 e. The minimum Gasteiger partial charge on any atom is -0.489 e. The van der Waals surface area contributed by atoms with Crippen molar-refractivity contribution in [3.8, 4) is 5.75 Å². The summed E-state index contributed by atoms with van der Waals surface area (Å²) in [5.41, 5.74) is 0.836. The highest BCUT2D eigenvalue weighted by molar-refractivity contribution is 14.1. The van der Waals surface area contributed by atoms with Gasteiger partial charge in [0, 0.05) is 17.0 Å². The SMILES string of the molecule is CCN(C(C)=O)c1c(I)cc(I)c(OCCOCC(=O)O)c1I. The Morgan fingerprint density at radius 2 is 1.87 bits per heavy atom. The minimum atomic E-state index is -1.01. The van der Waals surface area contributed by atoms with Crippen LogP contribution in [0.15, 0.2) is 6.07 Å². The lowest BCUT2D eigenvalue weighted by atomic mass is 10.2. The molecular weight excluding hydrogens is 643 g/mol. The van der Waals surface area contributed by atoms with Crippen molar-refractivity contribution in [2.24, 2.45) is 0 Å². The highest BCUT2D eigenvalue weighted by Crippen LogP contribution is 2.39. The Kier molecular flexibility index (Phi) is 9.36. The average molecular weight is 659 g/mol. The van der Waals surface area contributed by atoms with Gasteiger partial charge in [0.05, 0.1) is 19.4 Å². The molecule has 1 rings (SSSR count). The van der Waals surface area contributed by atoms with Gasteiger partial charge in [0.25, 0.3) is 0 Å². The summed E-state index contributed by atoms with van der Waals surface area (Å²) >= 11 is 6.56. The molecule has 0 aliphatic rings. The molecule has 1 aromatic carbocycles. The zero-order chi connectivity index (χ0) is 17.6. The van der Waals surface area contributed by atoms with Crippen LogP contribution in [0.5, 0.6) is 5.75 Å². The number of carbonyl (C=O) groups is 2. The van der Waals surface area contributed by atoms with Crippen LogP contribution in [0.4, 0.5) is 5.69 Å². The highest BCUT2D eigenvalue weighted by Gasteiger charge is 2.21. The molecule has 0 radical (unpaired) electrons. The number of rotatable bonds is 8. The van der Waals surface area contributed by atoms with Crippen LogP contribution in [-0.2, 0) is 14.3 Å². The molecule has 1 N–H and O–H groups in total. The molecule has 0 saturated heterocycles. The standard InChI is InChI=1S/C14H16I3NO5/c1-3-18(8(2)19)13-9(15)6-10(16)14(12(13)17)23-5-4-22-7-11(20)21/h6H,3-5,7H2,1-2H3,(H,20,21). The summed E-state index contributed by atoms with van der Waals surface area (Å²) < 4.78 is 13.5. The number of nitrogens with zero attached hydrogens (tertiary/aromatic N) is 1. The van der Waals surface area contributed by atoms with E-state index in [1.54, 1.807) is 4.90 Å². The fourth-order valence-electron chi connectivity index (χ4n) is 1.84. The molecule has 0 spiro atoms. The third-order valence-electron chi connectivity index (χ3n) is 2.77. The third kappa shape index (κ3) is 6.16. The van der Waals surface area contributed by atoms with Crippen molar-refractivity contribution in [1.82, 2.24) is 0 Å². The molecule has 23 heavy (non-hydrogen) atoms. The number of hydrogen-bond acceptors (Lipinski definition) is 4. The zero-order valence-corrected chi connectivity index (χ0v) is 19.0. The Morgan fingerprint density at radius 3 is 2.39 bits per heavy atom. The van der Waals surface area contributed by atoms with Gasteiger partial charge in [0.1, 0.15) is 19.0 Å². The Labute approximate surface area is 175 Å². The van der Waals surface area contributed by atoms with E-state index in [-0.39, 0.29) is 25.7 Å². The predicted octanol–water partition coefficient (Wildman–Crippen LogP) is 3.35. The van der Waals surface area contributed by atoms with Gasteiger partial charge < -0.3 is 19.5 Å². The number of hydrogen-bond donors (Lipinski definition) is 1. The largest absolute Gasteiger partial charge is 0.489 e. The second kappa shape index (κ2) is 10.2. The maximum Gasteiger partial charge on any atom is 0.329 e. The van der Waals surface area contributed by atoms with E-state index in [2.05, 4.69) is 67.8 Å². The summed E-state index contributed by atoms with van der Waals surface area (Å²) in [5, 5.41) is 8.52. The number of amides is 1. The van der Waals surface area contributed by atoms with Crippen molar-refractivity contribution in [1.29, 1.82) is 0 Å². The minimum absolute atomic E-state index is 0.0275. The Bertz CT molecular complexity index is 594. The normalized spacial score (nSPS) is 10.5. The Hall–Kier alpha value is 0.110. The third-order valence-corrected chi connectivity index (χ3v) is 5.39. The van der Waals surface area contributed by atoms with E-state index in [1.807, 2.05) is 13.0 Å². The number of halogens is 3. The summed E-state index contributed by atoms with van der Waals surface area (Å²) in [6, 6.07) is 1.96. The van der Waals surface area contributed by atoms with Crippen molar-refractivity contribution in [2.45, 2.75) is 13.8 Å². The lowest BCUT2D eigenvalue weighted by molar-refractivity contribution is -0.142. The van der Waals surface area contributed by atoms with Crippen LogP contribution in [-0.4, -0.2) is 43.3 Å². The maximum atomic E-state index is 11.8. The number of carbonyl (C=O) groups excluding carboxylic acids is 1. The Morgan fingerprint density at radius 1 is 1.22 bits per heavy atom. The van der Waals surface area contributed by atoms with Crippen LogP contribution in [0.3, 0.4) is 0 Å². The van der Waals surface area contributed by atoms with E-state index in [1.165, 1.54) is 6.92 Å². The average Bonchev–Trinajstić information content (AvgIpc) is 2.45. The molecule has 0 aliphatic heterocycles. The lowest BCUT2D eigenvalue weighted by Crippen LogP contribution is -2.29. The van der Waals surface area contributed by atoms with Gasteiger partial charge in [-0.3, -0.25) is 4.79 Å². The summed E-state index contributed by atoms with van der Waals surface area (Å²) in [6.45, 7) is 4.11. The van der Waals surface area contributed by atoms with Crippen molar-refractivity contribution in [3.05, 3.63) is 16.8 Å². The first-order valence-corrected chi connectivity index (χ1v) is 9.91. The molecule has 9 heteroatoms. The first-order chi connectivity index (χ1) is 10.8. The molecule has 1 aromatic rings. The second-order valence-electron chi connectivity index (χ2n) is 4.39. The molecule has 128 valence electrons. The van der Waals surface area contributed by atoms with E-state index < -0.39 is 5.97 Å². The molecule has 0 saturated carbocycles. The van der Waals surface area contributed by atoms with Crippen LogP contribution >= 0.6 is 67.8 Å². The first-order valence-electron chi connectivity index (χ1n) is 6.67. The molecule has 0 aliphatic carbocycles. The lowest BCUT2D eigenvalue weighted by Gasteiger charge is -2.24. The summed E-state index contributed by atoms with van der Waals surface area (Å²) in [6.07, 6.45) is 0. The van der Waals surface area contributed by atoms with Crippen LogP contribution < -0.4 is 9.64 Å². The number of benzene rings is 1. The molecule has 0 unspecified atom stereocenters. The Balaban J connectivity index is 2.96. The fraction of sp³-hybridized carbons (Fsp3) is 0.429. The van der Waals surface area contributed by atoms with Gasteiger partial charge in [-0.2, -0.15) is 0 Å². The molecular formula is C14H16I3NO5. The molecule has 1 amide bonds. The summed E-state index contributed by atoms with van der Waals surface area (Å²) in [5.74, 6) is -0.355. The molecule has 0 heterocycles. The van der Waals surface area contributed by atoms with Gasteiger partial charge in [-0.25, -0.2) is 4.79 Å². The zero-order valence-electron chi connectivity index (χ0n) is 12.6. The topological polar surface area (TPSA) is 76.1 Å². The summed E-state index contributed by atoms with van der Waals surface area (Å²) in [4.78, 5) is 23.9. The van der Waals surface area contributed by atoms with E-state index in [0.29, 0.717) is 12.3 Å². The van der Waals surface area contributed by atoms with Gasteiger partial charge in [0.15, 0.2) is 0 Å². The van der Waals surface area contributed by atoms with E-state index in [0.717, 1.165) is 16.4 Å². The first kappa shape index (κ1) is 21.2. The number of aliphatic carboxylic acids is 1. The monoisotopic (exact) mass is 659 g/mol. The molecule has 0 atom stereocenters. The van der Waals surface area contributed by atoms with Gasteiger partial charge in [-0.15, -0.1) is 0 Å². The quantitative estimate of drug-likeness (QED) is 0.343. The number of anilines is 1. The van der Waals surface area contributed by atoms with Gasteiger partial charge in [-0.1, -0.05) is 0 Å². The number of carboxylic acid groups (broad SMARTS) is 1. The van der Waals surface area contributed by atoms with E-state index >= 15 is 0 Å². The van der Waals surface area contributed by atoms with Gasteiger partial charge in [0.2, 0.25) is 5.91 Å². The van der Waals surface area contributed by atoms with Crippen molar-refractivity contribution in [2.75, 3.05) is 31.3 Å². The van der Waals surface area contributed by atoms with Crippen LogP contribution in [0.25, 0.3) is 0 Å². The molecule has 0 aromatic heterocycles. The number of carboxylic acids is 1. The van der Waals surface area contributed by atoms with Crippen LogP contribution in [0.1, 0.15) is 13.8 Å². The molecule has 6 nitrogen and oxygen atoms in total. The van der Waals surface area contributed by atoms with Gasteiger partial charge in [-0.05, 0) is 80.8 Å². The van der Waals surface area contributed by atoms with Crippen molar-refractivity contribution in [3.63, 3.8) is 0 Å². The predicted molar refractivity (Wildman–Crippen MR) is 112 cm³/mol. The van der Waals surface area contributed by atoms with Crippen molar-refractivity contribution >= 4 is 85.3 Å². The van der Waals surface area contributed by atoms with E-state index in [9.17, 15) is 9.59 Å². The molecule has 0 fully saturated rings. The number of ether oxygens (including phenoxy) is 2. The highest BCUT2D eigenvalue weighted by atomic mass is 127. The van der Waals surface area contributed by atoms with Gasteiger partial charge >= 0.3 is 5.97 Å².